The second kappa shape index (κ2) is 19.2. The number of hydrogen-bond donors (Lipinski definition) is 0. The quantitative estimate of drug-likeness (QED) is 0.111. The Hall–Kier alpha value is -2.49. The highest BCUT2D eigenvalue weighted by Crippen LogP contribution is 2.30. The Kier molecular flexibility index (Phi) is 17.7. The van der Waals surface area contributed by atoms with E-state index < -0.39 is 17.9 Å². The maximum Gasteiger partial charge on any atom is 0.330 e. The van der Waals surface area contributed by atoms with E-state index in [-0.39, 0.29) is 45.1 Å². The van der Waals surface area contributed by atoms with E-state index in [9.17, 15) is 14.4 Å². The molecule has 0 rings (SSSR count). The van der Waals surface area contributed by atoms with Gasteiger partial charge >= 0.3 is 17.9 Å². The first-order chi connectivity index (χ1) is 15.4. The molecule has 0 aliphatic heterocycles. The first-order valence-electron chi connectivity index (χ1n) is 10.5. The third kappa shape index (κ3) is 15.3. The van der Waals surface area contributed by atoms with Crippen LogP contribution in [0.15, 0.2) is 38.0 Å². The van der Waals surface area contributed by atoms with Crippen molar-refractivity contribution in [3.8, 4) is 0 Å². The number of ether oxygens (including phenoxy) is 6. The van der Waals surface area contributed by atoms with Crippen molar-refractivity contribution < 1.29 is 42.8 Å². The minimum atomic E-state index is -0.503. The number of esters is 3. The molecule has 0 radical (unpaired) electrons. The van der Waals surface area contributed by atoms with Gasteiger partial charge < -0.3 is 28.4 Å². The van der Waals surface area contributed by atoms with E-state index in [1.54, 1.807) is 0 Å². The van der Waals surface area contributed by atoms with E-state index in [1.807, 2.05) is 0 Å². The van der Waals surface area contributed by atoms with Crippen LogP contribution in [0, 0.1) is 5.41 Å². The first kappa shape index (κ1) is 29.5. The Morgan fingerprint density at radius 1 is 0.625 bits per heavy atom. The summed E-state index contributed by atoms with van der Waals surface area (Å²) >= 11 is 0. The Balaban J connectivity index is 4.65. The van der Waals surface area contributed by atoms with Crippen LogP contribution in [0.1, 0.15) is 26.2 Å². The molecule has 182 valence electrons. The van der Waals surface area contributed by atoms with Crippen LogP contribution >= 0.6 is 0 Å². The second-order valence-corrected chi connectivity index (χ2v) is 6.83. The van der Waals surface area contributed by atoms with Gasteiger partial charge in [-0.05, 0) is 12.8 Å². The summed E-state index contributed by atoms with van der Waals surface area (Å²) in [6, 6.07) is 0. The number of rotatable bonds is 21. The summed E-state index contributed by atoms with van der Waals surface area (Å²) in [6.45, 7) is 14.3. The summed E-state index contributed by atoms with van der Waals surface area (Å²) in [5.41, 5.74) is -0.350. The van der Waals surface area contributed by atoms with Crippen LogP contribution in [0.5, 0.6) is 0 Å². The fraction of sp³-hybridized carbons (Fsp3) is 0.609. The van der Waals surface area contributed by atoms with E-state index in [4.69, 9.17) is 28.4 Å². The molecule has 0 heterocycles. The predicted molar refractivity (Wildman–Crippen MR) is 118 cm³/mol. The van der Waals surface area contributed by atoms with Crippen LogP contribution in [-0.4, -0.2) is 77.4 Å². The highest BCUT2D eigenvalue weighted by Gasteiger charge is 2.30. The van der Waals surface area contributed by atoms with Gasteiger partial charge in [-0.3, -0.25) is 0 Å². The lowest BCUT2D eigenvalue weighted by Gasteiger charge is -2.33. The average molecular weight is 457 g/mol. The van der Waals surface area contributed by atoms with Crippen LogP contribution in [0.2, 0.25) is 0 Å². The zero-order chi connectivity index (χ0) is 24.1. The molecular formula is C23H36O9. The Bertz CT molecular complexity index is 556. The van der Waals surface area contributed by atoms with Gasteiger partial charge in [-0.2, -0.15) is 0 Å². The van der Waals surface area contributed by atoms with Crippen molar-refractivity contribution in [1.29, 1.82) is 0 Å². The summed E-state index contributed by atoms with van der Waals surface area (Å²) in [4.78, 5) is 33.3. The van der Waals surface area contributed by atoms with Gasteiger partial charge in [-0.25, -0.2) is 14.4 Å². The smallest absolute Gasteiger partial charge is 0.330 e. The highest BCUT2D eigenvalue weighted by atomic mass is 16.6. The van der Waals surface area contributed by atoms with Crippen molar-refractivity contribution in [2.75, 3.05) is 59.5 Å². The molecule has 9 heteroatoms. The molecule has 32 heavy (non-hydrogen) atoms. The van der Waals surface area contributed by atoms with Crippen molar-refractivity contribution in [2.45, 2.75) is 26.2 Å². The lowest BCUT2D eigenvalue weighted by atomic mass is 9.82. The van der Waals surface area contributed by atoms with Crippen molar-refractivity contribution in [2.24, 2.45) is 5.41 Å². The monoisotopic (exact) mass is 456 g/mol. The highest BCUT2D eigenvalue weighted by molar-refractivity contribution is 5.81. The van der Waals surface area contributed by atoms with E-state index >= 15 is 0 Å². The van der Waals surface area contributed by atoms with E-state index in [1.165, 1.54) is 0 Å². The van der Waals surface area contributed by atoms with Gasteiger partial charge in [0.05, 0.1) is 33.0 Å². The molecule has 9 nitrogen and oxygen atoms in total. The van der Waals surface area contributed by atoms with Crippen molar-refractivity contribution in [1.82, 2.24) is 0 Å². The second-order valence-electron chi connectivity index (χ2n) is 6.83. The van der Waals surface area contributed by atoms with Crippen LogP contribution in [0.3, 0.4) is 0 Å². The van der Waals surface area contributed by atoms with Crippen molar-refractivity contribution in [3.63, 3.8) is 0 Å². The molecule has 0 saturated heterocycles. The molecule has 0 aromatic carbocycles. The molecule has 0 aliphatic rings. The molecule has 0 aromatic heterocycles. The Morgan fingerprint density at radius 3 is 1.41 bits per heavy atom. The Morgan fingerprint density at radius 2 is 1.03 bits per heavy atom. The van der Waals surface area contributed by atoms with E-state index in [2.05, 4.69) is 26.7 Å². The van der Waals surface area contributed by atoms with Gasteiger partial charge in [0.2, 0.25) is 0 Å². The van der Waals surface area contributed by atoms with E-state index in [0.29, 0.717) is 26.2 Å². The van der Waals surface area contributed by atoms with Gasteiger partial charge in [0.1, 0.15) is 19.8 Å². The summed E-state index contributed by atoms with van der Waals surface area (Å²) < 4.78 is 31.8. The van der Waals surface area contributed by atoms with Gasteiger partial charge in [-0.15, -0.1) is 0 Å². The van der Waals surface area contributed by atoms with Crippen molar-refractivity contribution >= 4 is 17.9 Å². The van der Waals surface area contributed by atoms with Crippen molar-refractivity contribution in [3.05, 3.63) is 38.0 Å². The summed E-state index contributed by atoms with van der Waals surface area (Å²) in [7, 11) is 0. The number of hydrogen-bond acceptors (Lipinski definition) is 9. The number of carbonyl (C=O) groups is 3. The average Bonchev–Trinajstić information content (AvgIpc) is 2.80. The standard InChI is InChI=1S/C23H36O9/c1-5-9-23(18-28-13-16-31-21(25)7-3,19-29-14-17-32-22(26)8-4)10-11-27-12-15-30-20(24)6-2/h6-8H,2-5,9-19H2,1H3. The molecule has 0 spiro atoms. The first-order valence-corrected chi connectivity index (χ1v) is 10.5. The molecule has 0 aromatic rings. The third-order valence-electron chi connectivity index (χ3n) is 4.29. The SMILES string of the molecule is C=CC(=O)OCCOCCC(CCC)(COCCOC(=O)C=C)COCCOC(=O)C=C. The normalized spacial score (nSPS) is 10.8. The molecule has 0 amide bonds. The summed E-state index contributed by atoms with van der Waals surface area (Å²) in [5.74, 6) is -1.50. The van der Waals surface area contributed by atoms with E-state index in [0.717, 1.165) is 31.1 Å². The summed E-state index contributed by atoms with van der Waals surface area (Å²) in [6.07, 6.45) is 5.62. The largest absolute Gasteiger partial charge is 0.460 e. The lowest BCUT2D eigenvalue weighted by molar-refractivity contribution is -0.142. The molecule has 0 unspecified atom stereocenters. The molecule has 0 fully saturated rings. The predicted octanol–water partition coefficient (Wildman–Crippen LogP) is 2.40. The van der Waals surface area contributed by atoms with Gasteiger partial charge in [0.25, 0.3) is 0 Å². The molecule has 0 N–H and O–H groups in total. The fourth-order valence-electron chi connectivity index (χ4n) is 2.73. The third-order valence-corrected chi connectivity index (χ3v) is 4.29. The zero-order valence-electron chi connectivity index (χ0n) is 19.0. The van der Waals surface area contributed by atoms with Crippen LogP contribution in [0.25, 0.3) is 0 Å². The maximum absolute atomic E-state index is 11.1. The molecular weight excluding hydrogens is 420 g/mol. The Labute approximate surface area is 190 Å². The van der Waals surface area contributed by atoms with Gasteiger partial charge in [-0.1, -0.05) is 33.1 Å². The molecule has 0 bridgehead atoms. The molecule has 0 saturated carbocycles. The van der Waals surface area contributed by atoms with Gasteiger partial charge in [0.15, 0.2) is 0 Å². The minimum Gasteiger partial charge on any atom is -0.460 e. The number of carbonyl (C=O) groups excluding carboxylic acids is 3. The van der Waals surface area contributed by atoms with Gasteiger partial charge in [0, 0.05) is 30.2 Å². The molecule has 0 aliphatic carbocycles. The van der Waals surface area contributed by atoms with Crippen LogP contribution < -0.4 is 0 Å². The molecule has 0 atom stereocenters. The van der Waals surface area contributed by atoms with Crippen LogP contribution in [0.4, 0.5) is 0 Å². The summed E-state index contributed by atoms with van der Waals surface area (Å²) in [5, 5.41) is 0. The lowest BCUT2D eigenvalue weighted by Crippen LogP contribution is -2.35. The zero-order valence-corrected chi connectivity index (χ0v) is 19.0. The topological polar surface area (TPSA) is 107 Å². The van der Waals surface area contributed by atoms with Crippen LogP contribution in [-0.2, 0) is 42.8 Å². The fourth-order valence-corrected chi connectivity index (χ4v) is 2.73. The minimum absolute atomic E-state index is 0.122. The maximum atomic E-state index is 11.1.